The van der Waals surface area contributed by atoms with E-state index >= 15 is 0 Å². The molecule has 96 valence electrons. The fourth-order valence-electron chi connectivity index (χ4n) is 1.35. The van der Waals surface area contributed by atoms with Crippen molar-refractivity contribution in [3.8, 4) is 11.5 Å². The first-order valence-corrected chi connectivity index (χ1v) is 5.12. The summed E-state index contributed by atoms with van der Waals surface area (Å²) >= 11 is 0. The quantitative estimate of drug-likeness (QED) is 0.769. The van der Waals surface area contributed by atoms with E-state index in [-0.39, 0.29) is 0 Å². The van der Waals surface area contributed by atoms with Gasteiger partial charge in [-0.3, -0.25) is 0 Å². The van der Waals surface area contributed by atoms with Crippen LogP contribution in [0.4, 0.5) is 10.5 Å². The van der Waals surface area contributed by atoms with Crippen LogP contribution in [0.15, 0.2) is 36.7 Å². The normalized spacial score (nSPS) is 9.06. The number of carbonyl (C=O) groups excluding carboxylic acids is 1. The Balaban J connectivity index is 3.26. The highest BCUT2D eigenvalue weighted by molar-refractivity contribution is 5.90. The van der Waals surface area contributed by atoms with Crippen LogP contribution in [0.3, 0.4) is 0 Å². The number of hydrogen-bond acceptors (Lipinski definition) is 4. The molecule has 5 heteroatoms. The molecule has 1 rings (SSSR count). The third kappa shape index (κ3) is 3.06. The molecule has 0 aromatic heterocycles. The lowest BCUT2D eigenvalue weighted by Crippen LogP contribution is -2.24. The van der Waals surface area contributed by atoms with Crippen LogP contribution < -0.4 is 14.4 Å². The molecule has 0 bridgehead atoms. The summed E-state index contributed by atoms with van der Waals surface area (Å²) < 4.78 is 14.9. The first-order chi connectivity index (χ1) is 8.65. The van der Waals surface area contributed by atoms with Gasteiger partial charge in [-0.05, 0) is 0 Å². The predicted molar refractivity (Wildman–Crippen MR) is 68.1 cm³/mol. The fourth-order valence-corrected chi connectivity index (χ4v) is 1.35. The molecule has 0 radical (unpaired) electrons. The van der Waals surface area contributed by atoms with E-state index in [1.165, 1.54) is 32.4 Å². The van der Waals surface area contributed by atoms with Gasteiger partial charge >= 0.3 is 6.09 Å². The molecular formula is C13H15NO4. The molecule has 0 atom stereocenters. The Bertz CT molecular complexity index is 456. The second-order valence-electron chi connectivity index (χ2n) is 3.24. The average Bonchev–Trinajstić information content (AvgIpc) is 2.43. The molecule has 0 aliphatic rings. The van der Waals surface area contributed by atoms with Crippen LogP contribution >= 0.6 is 0 Å². The SMILES string of the molecule is C=C=CN(C(=O)OC)c1cc(OC)cc(OC)c1. The molecule has 1 amide bonds. The van der Waals surface area contributed by atoms with Gasteiger partial charge in [0.05, 0.1) is 33.2 Å². The van der Waals surface area contributed by atoms with E-state index < -0.39 is 6.09 Å². The van der Waals surface area contributed by atoms with E-state index in [4.69, 9.17) is 9.47 Å². The van der Waals surface area contributed by atoms with Crippen molar-refractivity contribution in [2.45, 2.75) is 0 Å². The molecule has 0 saturated carbocycles. The lowest BCUT2D eigenvalue weighted by atomic mass is 10.2. The molecule has 5 nitrogen and oxygen atoms in total. The van der Waals surface area contributed by atoms with Crippen LogP contribution in [0.2, 0.25) is 0 Å². The standard InChI is InChI=1S/C13H15NO4/c1-5-6-14(13(15)18-4)10-7-11(16-2)9-12(8-10)17-3/h6-9H,1H2,2-4H3. The topological polar surface area (TPSA) is 48.0 Å². The van der Waals surface area contributed by atoms with Gasteiger partial charge in [0.1, 0.15) is 11.5 Å². The minimum absolute atomic E-state index is 0.536. The minimum Gasteiger partial charge on any atom is -0.497 e. The summed E-state index contributed by atoms with van der Waals surface area (Å²) in [7, 11) is 4.36. The molecule has 0 unspecified atom stereocenters. The molecular weight excluding hydrogens is 234 g/mol. The van der Waals surface area contributed by atoms with Gasteiger partial charge < -0.3 is 14.2 Å². The number of anilines is 1. The second-order valence-corrected chi connectivity index (χ2v) is 3.24. The molecule has 1 aromatic carbocycles. The number of carbonyl (C=O) groups is 1. The summed E-state index contributed by atoms with van der Waals surface area (Å²) in [5, 5.41) is 0. The molecule has 0 aliphatic heterocycles. The monoisotopic (exact) mass is 249 g/mol. The van der Waals surface area contributed by atoms with Crippen molar-refractivity contribution < 1.29 is 19.0 Å². The first-order valence-electron chi connectivity index (χ1n) is 5.12. The first kappa shape index (κ1) is 13.7. The smallest absolute Gasteiger partial charge is 0.418 e. The largest absolute Gasteiger partial charge is 0.497 e. The Morgan fingerprint density at radius 2 is 1.78 bits per heavy atom. The third-order valence-electron chi connectivity index (χ3n) is 2.21. The van der Waals surface area contributed by atoms with Gasteiger partial charge in [-0.15, -0.1) is 5.73 Å². The van der Waals surface area contributed by atoms with E-state index in [0.717, 1.165) is 0 Å². The van der Waals surface area contributed by atoms with Gasteiger partial charge in [0.2, 0.25) is 0 Å². The number of benzene rings is 1. The van der Waals surface area contributed by atoms with E-state index in [1.807, 2.05) is 0 Å². The van der Waals surface area contributed by atoms with Gasteiger partial charge in [-0.2, -0.15) is 0 Å². The predicted octanol–water partition coefficient (Wildman–Crippen LogP) is 2.58. The van der Waals surface area contributed by atoms with Crippen molar-refractivity contribution in [2.24, 2.45) is 0 Å². The van der Waals surface area contributed by atoms with Crippen molar-refractivity contribution in [1.29, 1.82) is 0 Å². The lowest BCUT2D eigenvalue weighted by Gasteiger charge is -2.17. The Kier molecular flexibility index (Phi) is 4.84. The van der Waals surface area contributed by atoms with E-state index in [9.17, 15) is 4.79 Å². The van der Waals surface area contributed by atoms with Crippen LogP contribution in [0, 0.1) is 0 Å². The van der Waals surface area contributed by atoms with Gasteiger partial charge in [0, 0.05) is 18.2 Å². The molecule has 0 saturated heterocycles. The number of hydrogen-bond donors (Lipinski definition) is 0. The number of ether oxygens (including phenoxy) is 3. The number of amides is 1. The number of rotatable bonds is 4. The van der Waals surface area contributed by atoms with E-state index in [1.54, 1.807) is 18.2 Å². The average molecular weight is 249 g/mol. The van der Waals surface area contributed by atoms with E-state index in [2.05, 4.69) is 17.0 Å². The maximum absolute atomic E-state index is 11.6. The van der Waals surface area contributed by atoms with Gasteiger partial charge in [-0.1, -0.05) is 6.58 Å². The minimum atomic E-state index is -0.554. The Morgan fingerprint density at radius 3 is 2.17 bits per heavy atom. The molecule has 0 heterocycles. The lowest BCUT2D eigenvalue weighted by molar-refractivity contribution is 0.181. The van der Waals surface area contributed by atoms with Crippen LogP contribution in [0.1, 0.15) is 0 Å². The summed E-state index contributed by atoms with van der Waals surface area (Å²) in [5.41, 5.74) is 3.06. The maximum atomic E-state index is 11.6. The van der Waals surface area contributed by atoms with Gasteiger partial charge in [-0.25, -0.2) is 9.69 Å². The molecule has 0 N–H and O–H groups in total. The molecule has 0 fully saturated rings. The highest BCUT2D eigenvalue weighted by Crippen LogP contribution is 2.28. The summed E-state index contributed by atoms with van der Waals surface area (Å²) in [4.78, 5) is 12.9. The molecule has 0 aliphatic carbocycles. The van der Waals surface area contributed by atoms with Crippen molar-refractivity contribution in [3.05, 3.63) is 36.7 Å². The van der Waals surface area contributed by atoms with Gasteiger partial charge in [0.15, 0.2) is 0 Å². The summed E-state index contributed by atoms with van der Waals surface area (Å²) in [6, 6.07) is 5.05. The highest BCUT2D eigenvalue weighted by atomic mass is 16.5. The van der Waals surface area contributed by atoms with E-state index in [0.29, 0.717) is 17.2 Å². The number of nitrogens with zero attached hydrogens (tertiary/aromatic N) is 1. The van der Waals surface area contributed by atoms with Crippen molar-refractivity contribution in [3.63, 3.8) is 0 Å². The Labute approximate surface area is 106 Å². The van der Waals surface area contributed by atoms with Crippen LogP contribution in [-0.4, -0.2) is 27.4 Å². The zero-order valence-electron chi connectivity index (χ0n) is 10.6. The molecule has 0 spiro atoms. The van der Waals surface area contributed by atoms with Crippen molar-refractivity contribution in [2.75, 3.05) is 26.2 Å². The van der Waals surface area contributed by atoms with Crippen LogP contribution in [0.25, 0.3) is 0 Å². The van der Waals surface area contributed by atoms with Crippen molar-refractivity contribution >= 4 is 11.8 Å². The van der Waals surface area contributed by atoms with Crippen LogP contribution in [-0.2, 0) is 4.74 Å². The highest BCUT2D eigenvalue weighted by Gasteiger charge is 2.15. The fraction of sp³-hybridized carbons (Fsp3) is 0.231. The number of methoxy groups -OCH3 is 3. The van der Waals surface area contributed by atoms with Crippen LogP contribution in [0.5, 0.6) is 11.5 Å². The molecule has 1 aromatic rings. The third-order valence-corrected chi connectivity index (χ3v) is 2.21. The molecule has 18 heavy (non-hydrogen) atoms. The second kappa shape index (κ2) is 6.37. The summed E-state index contributed by atoms with van der Waals surface area (Å²) in [6.45, 7) is 3.44. The summed E-state index contributed by atoms with van der Waals surface area (Å²) in [5.74, 6) is 1.13. The zero-order valence-corrected chi connectivity index (χ0v) is 10.6. The Hall–Kier alpha value is -2.39. The van der Waals surface area contributed by atoms with Crippen molar-refractivity contribution in [1.82, 2.24) is 0 Å². The summed E-state index contributed by atoms with van der Waals surface area (Å²) in [6.07, 6.45) is 0.821. The maximum Gasteiger partial charge on any atom is 0.418 e. The van der Waals surface area contributed by atoms with Gasteiger partial charge in [0.25, 0.3) is 0 Å². The zero-order chi connectivity index (χ0) is 13.5. The Morgan fingerprint density at radius 1 is 1.22 bits per heavy atom.